The summed E-state index contributed by atoms with van der Waals surface area (Å²) < 4.78 is 18.9. The molecule has 4 heteroatoms. The van der Waals surface area contributed by atoms with Gasteiger partial charge in [0.05, 0.1) is 11.6 Å². The third-order valence-corrected chi connectivity index (χ3v) is 2.91. The fourth-order valence-electron chi connectivity index (χ4n) is 1.94. The second kappa shape index (κ2) is 5.65. The van der Waals surface area contributed by atoms with E-state index in [0.717, 1.165) is 13.0 Å². The van der Waals surface area contributed by atoms with Crippen molar-refractivity contribution >= 4 is 0 Å². The Balaban J connectivity index is 1.92. The van der Waals surface area contributed by atoms with Crippen LogP contribution in [-0.4, -0.2) is 19.2 Å². The van der Waals surface area contributed by atoms with Gasteiger partial charge in [-0.2, -0.15) is 5.26 Å². The maximum absolute atomic E-state index is 13.5. The summed E-state index contributed by atoms with van der Waals surface area (Å²) in [7, 11) is 0. The first-order valence-corrected chi connectivity index (χ1v) is 5.85. The molecule has 1 heterocycles. The van der Waals surface area contributed by atoms with Crippen LogP contribution in [0.2, 0.25) is 0 Å². The number of piperidine rings is 1. The molecule has 0 radical (unpaired) electrons. The predicted molar refractivity (Wildman–Crippen MR) is 62.3 cm³/mol. The topological polar surface area (TPSA) is 45.0 Å². The Morgan fingerprint density at radius 3 is 3.00 bits per heavy atom. The van der Waals surface area contributed by atoms with Gasteiger partial charge < -0.3 is 10.1 Å². The lowest BCUT2D eigenvalue weighted by molar-refractivity contribution is 0.231. The highest BCUT2D eigenvalue weighted by Crippen LogP contribution is 2.19. The van der Waals surface area contributed by atoms with Gasteiger partial charge in [0.1, 0.15) is 6.61 Å². The van der Waals surface area contributed by atoms with Crippen molar-refractivity contribution in [3.8, 4) is 11.8 Å². The minimum Gasteiger partial charge on any atom is -0.489 e. The third kappa shape index (κ3) is 3.18. The standard InChI is InChI=1S/C13H15FN2O/c14-12-7-10(8-15)4-5-13(12)17-9-11-3-1-2-6-16-11/h4-5,7,11,16H,1-3,6,9H2. The molecule has 1 saturated heterocycles. The number of rotatable bonds is 3. The lowest BCUT2D eigenvalue weighted by Crippen LogP contribution is -2.38. The van der Waals surface area contributed by atoms with E-state index in [-0.39, 0.29) is 5.75 Å². The van der Waals surface area contributed by atoms with E-state index in [2.05, 4.69) is 5.32 Å². The van der Waals surface area contributed by atoms with Gasteiger partial charge in [0.2, 0.25) is 0 Å². The molecule has 1 aliphatic rings. The molecule has 1 N–H and O–H groups in total. The Labute approximate surface area is 100 Å². The van der Waals surface area contributed by atoms with Crippen molar-refractivity contribution in [3.05, 3.63) is 29.6 Å². The highest BCUT2D eigenvalue weighted by molar-refractivity contribution is 5.35. The van der Waals surface area contributed by atoms with Crippen LogP contribution in [0.15, 0.2) is 18.2 Å². The Hall–Kier alpha value is -1.60. The van der Waals surface area contributed by atoms with E-state index >= 15 is 0 Å². The van der Waals surface area contributed by atoms with Gasteiger partial charge in [0.15, 0.2) is 11.6 Å². The van der Waals surface area contributed by atoms with Crippen LogP contribution in [0.1, 0.15) is 24.8 Å². The van der Waals surface area contributed by atoms with Gasteiger partial charge in [0.25, 0.3) is 0 Å². The van der Waals surface area contributed by atoms with E-state index < -0.39 is 5.82 Å². The molecule has 90 valence electrons. The average molecular weight is 234 g/mol. The van der Waals surface area contributed by atoms with Crippen LogP contribution in [0.4, 0.5) is 4.39 Å². The largest absolute Gasteiger partial charge is 0.489 e. The zero-order chi connectivity index (χ0) is 12.1. The minimum absolute atomic E-state index is 0.219. The summed E-state index contributed by atoms with van der Waals surface area (Å²) in [5.74, 6) is -0.253. The zero-order valence-electron chi connectivity index (χ0n) is 9.58. The molecule has 0 bridgehead atoms. The Bertz CT molecular complexity index is 422. The van der Waals surface area contributed by atoms with Crippen LogP contribution in [0.3, 0.4) is 0 Å². The van der Waals surface area contributed by atoms with Crippen molar-refractivity contribution in [2.75, 3.05) is 13.2 Å². The average Bonchev–Trinajstić information content (AvgIpc) is 2.38. The summed E-state index contributed by atoms with van der Waals surface area (Å²) in [6, 6.07) is 6.47. The van der Waals surface area contributed by atoms with Gasteiger partial charge in [0, 0.05) is 6.04 Å². The van der Waals surface area contributed by atoms with Crippen molar-refractivity contribution in [2.45, 2.75) is 25.3 Å². The maximum Gasteiger partial charge on any atom is 0.166 e. The first kappa shape index (κ1) is 11.9. The molecule has 17 heavy (non-hydrogen) atoms. The number of hydrogen-bond donors (Lipinski definition) is 1. The molecule has 1 aliphatic heterocycles. The van der Waals surface area contributed by atoms with Crippen LogP contribution in [0.25, 0.3) is 0 Å². The van der Waals surface area contributed by atoms with E-state index in [1.807, 2.05) is 6.07 Å². The fourth-order valence-corrected chi connectivity index (χ4v) is 1.94. The van der Waals surface area contributed by atoms with Gasteiger partial charge in [-0.25, -0.2) is 4.39 Å². The van der Waals surface area contributed by atoms with Gasteiger partial charge in [-0.3, -0.25) is 0 Å². The van der Waals surface area contributed by atoms with Gasteiger partial charge >= 0.3 is 0 Å². The summed E-state index contributed by atoms with van der Waals surface area (Å²) in [6.07, 6.45) is 3.45. The smallest absolute Gasteiger partial charge is 0.166 e. The van der Waals surface area contributed by atoms with Crippen molar-refractivity contribution in [2.24, 2.45) is 0 Å². The quantitative estimate of drug-likeness (QED) is 0.872. The van der Waals surface area contributed by atoms with Crippen LogP contribution < -0.4 is 10.1 Å². The molecule has 0 amide bonds. The Morgan fingerprint density at radius 1 is 1.47 bits per heavy atom. The van der Waals surface area contributed by atoms with Crippen molar-refractivity contribution < 1.29 is 9.13 Å². The molecular weight excluding hydrogens is 219 g/mol. The normalized spacial score (nSPS) is 19.6. The van der Waals surface area contributed by atoms with Gasteiger partial charge in [-0.1, -0.05) is 6.42 Å². The first-order chi connectivity index (χ1) is 8.29. The Kier molecular flexibility index (Phi) is 3.94. The number of nitriles is 1. The van der Waals surface area contributed by atoms with Gasteiger partial charge in [-0.05, 0) is 37.6 Å². The maximum atomic E-state index is 13.5. The number of hydrogen-bond acceptors (Lipinski definition) is 3. The molecule has 1 atom stereocenters. The summed E-state index contributed by atoms with van der Waals surface area (Å²) in [6.45, 7) is 1.48. The molecule has 1 aromatic rings. The second-order valence-electron chi connectivity index (χ2n) is 4.21. The van der Waals surface area contributed by atoms with E-state index in [1.54, 1.807) is 6.07 Å². The highest BCUT2D eigenvalue weighted by atomic mass is 19.1. The van der Waals surface area contributed by atoms with Crippen molar-refractivity contribution in [1.29, 1.82) is 5.26 Å². The van der Waals surface area contributed by atoms with E-state index in [9.17, 15) is 4.39 Å². The fraction of sp³-hybridized carbons (Fsp3) is 0.462. The van der Waals surface area contributed by atoms with Crippen LogP contribution in [-0.2, 0) is 0 Å². The summed E-state index contributed by atoms with van der Waals surface area (Å²) in [5, 5.41) is 12.0. The predicted octanol–water partition coefficient (Wildman–Crippen LogP) is 2.22. The zero-order valence-corrected chi connectivity index (χ0v) is 9.58. The Morgan fingerprint density at radius 2 is 2.35 bits per heavy atom. The number of ether oxygens (including phenoxy) is 1. The number of benzene rings is 1. The molecule has 0 spiro atoms. The molecule has 2 rings (SSSR count). The molecule has 0 aromatic heterocycles. The minimum atomic E-state index is -0.472. The van der Waals surface area contributed by atoms with E-state index in [4.69, 9.17) is 10.00 Å². The molecule has 0 aliphatic carbocycles. The number of halogens is 1. The van der Waals surface area contributed by atoms with Gasteiger partial charge in [-0.15, -0.1) is 0 Å². The van der Waals surface area contributed by atoms with Crippen LogP contribution in [0.5, 0.6) is 5.75 Å². The summed E-state index contributed by atoms with van der Waals surface area (Å²) in [4.78, 5) is 0. The number of nitrogens with one attached hydrogen (secondary N) is 1. The van der Waals surface area contributed by atoms with Crippen LogP contribution >= 0.6 is 0 Å². The highest BCUT2D eigenvalue weighted by Gasteiger charge is 2.14. The monoisotopic (exact) mass is 234 g/mol. The van der Waals surface area contributed by atoms with Crippen molar-refractivity contribution in [3.63, 3.8) is 0 Å². The summed E-state index contributed by atoms with van der Waals surface area (Å²) >= 11 is 0. The molecule has 1 aromatic carbocycles. The van der Waals surface area contributed by atoms with E-state index in [1.165, 1.54) is 25.0 Å². The molecule has 0 saturated carbocycles. The lowest BCUT2D eigenvalue weighted by atomic mass is 10.1. The SMILES string of the molecule is N#Cc1ccc(OCC2CCCCN2)c(F)c1. The summed E-state index contributed by atoms with van der Waals surface area (Å²) in [5.41, 5.74) is 0.311. The number of nitrogens with zero attached hydrogens (tertiary/aromatic N) is 1. The lowest BCUT2D eigenvalue weighted by Gasteiger charge is -2.23. The molecule has 3 nitrogen and oxygen atoms in total. The molecule has 1 unspecified atom stereocenters. The molecular formula is C13H15FN2O. The second-order valence-corrected chi connectivity index (χ2v) is 4.21. The first-order valence-electron chi connectivity index (χ1n) is 5.85. The third-order valence-electron chi connectivity index (χ3n) is 2.91. The van der Waals surface area contributed by atoms with Crippen LogP contribution in [0, 0.1) is 17.1 Å². The molecule has 1 fully saturated rings. The van der Waals surface area contributed by atoms with Crippen molar-refractivity contribution in [1.82, 2.24) is 5.32 Å². The van der Waals surface area contributed by atoms with E-state index in [0.29, 0.717) is 18.2 Å².